The predicted molar refractivity (Wildman–Crippen MR) is 65.3 cm³/mol. The van der Waals surface area contributed by atoms with Gasteiger partial charge in [-0.05, 0) is 32.6 Å². The van der Waals surface area contributed by atoms with Crippen LogP contribution in [0.2, 0.25) is 0 Å². The molecule has 0 bridgehead atoms. The highest BCUT2D eigenvalue weighted by atomic mass is 16.5. The second-order valence-corrected chi connectivity index (χ2v) is 5.11. The van der Waals surface area contributed by atoms with Gasteiger partial charge in [-0.25, -0.2) is 0 Å². The Morgan fingerprint density at radius 2 is 2.06 bits per heavy atom. The minimum atomic E-state index is 0.138. The lowest BCUT2D eigenvalue weighted by Crippen LogP contribution is -2.41. The molecular weight excluding hydrogens is 202 g/mol. The van der Waals surface area contributed by atoms with Crippen LogP contribution in [-0.2, 0) is 9.53 Å². The maximum absolute atomic E-state index is 11.6. The highest BCUT2D eigenvalue weighted by Gasteiger charge is 2.22. The van der Waals surface area contributed by atoms with Gasteiger partial charge in [0.1, 0.15) is 0 Å². The van der Waals surface area contributed by atoms with Crippen LogP contribution < -0.4 is 5.32 Å². The molecule has 0 heterocycles. The third kappa shape index (κ3) is 4.97. The van der Waals surface area contributed by atoms with E-state index in [4.69, 9.17) is 4.74 Å². The molecule has 1 amide bonds. The highest BCUT2D eigenvalue weighted by molar-refractivity contribution is 5.76. The Bertz CT molecular complexity index is 216. The fourth-order valence-corrected chi connectivity index (χ4v) is 2.20. The standard InChI is InChI=1S/C13H25NO2/c1-10(2)16-9-8-13(15)14-12-7-5-4-6-11(12)3/h10-12H,4-9H2,1-3H3,(H,14,15). The van der Waals surface area contributed by atoms with Crippen molar-refractivity contribution in [3.63, 3.8) is 0 Å². The lowest BCUT2D eigenvalue weighted by molar-refractivity contribution is -0.123. The molecule has 94 valence electrons. The fraction of sp³-hybridized carbons (Fsp3) is 0.923. The summed E-state index contributed by atoms with van der Waals surface area (Å²) in [7, 11) is 0. The zero-order valence-corrected chi connectivity index (χ0v) is 10.8. The van der Waals surface area contributed by atoms with Crippen molar-refractivity contribution in [2.45, 2.75) is 65.0 Å². The average molecular weight is 227 g/mol. The quantitative estimate of drug-likeness (QED) is 0.783. The van der Waals surface area contributed by atoms with Gasteiger partial charge in [0.2, 0.25) is 5.91 Å². The SMILES string of the molecule is CC(C)OCCC(=O)NC1CCCCC1C. The van der Waals surface area contributed by atoms with Crippen molar-refractivity contribution in [2.24, 2.45) is 5.92 Å². The van der Waals surface area contributed by atoms with Crippen molar-refractivity contribution in [3.05, 3.63) is 0 Å². The molecular formula is C13H25NO2. The summed E-state index contributed by atoms with van der Waals surface area (Å²) in [6.45, 7) is 6.74. The van der Waals surface area contributed by atoms with Crippen molar-refractivity contribution < 1.29 is 9.53 Å². The van der Waals surface area contributed by atoms with Gasteiger partial charge < -0.3 is 10.1 Å². The Morgan fingerprint density at radius 1 is 1.38 bits per heavy atom. The van der Waals surface area contributed by atoms with Crippen LogP contribution in [0.3, 0.4) is 0 Å². The first kappa shape index (κ1) is 13.5. The summed E-state index contributed by atoms with van der Waals surface area (Å²) in [5, 5.41) is 3.12. The second-order valence-electron chi connectivity index (χ2n) is 5.11. The van der Waals surface area contributed by atoms with Crippen LogP contribution in [0, 0.1) is 5.92 Å². The number of rotatable bonds is 5. The van der Waals surface area contributed by atoms with E-state index < -0.39 is 0 Å². The van der Waals surface area contributed by atoms with E-state index in [-0.39, 0.29) is 12.0 Å². The predicted octanol–water partition coefficient (Wildman–Crippen LogP) is 2.50. The molecule has 2 atom stereocenters. The molecule has 1 N–H and O–H groups in total. The molecule has 16 heavy (non-hydrogen) atoms. The zero-order valence-electron chi connectivity index (χ0n) is 10.8. The molecule has 2 unspecified atom stereocenters. The molecule has 3 heteroatoms. The normalized spacial score (nSPS) is 25.8. The molecule has 0 aromatic carbocycles. The number of ether oxygens (including phenoxy) is 1. The molecule has 0 saturated heterocycles. The molecule has 3 nitrogen and oxygen atoms in total. The molecule has 1 fully saturated rings. The van der Waals surface area contributed by atoms with Crippen LogP contribution in [-0.4, -0.2) is 24.7 Å². The number of nitrogens with one attached hydrogen (secondary N) is 1. The van der Waals surface area contributed by atoms with Gasteiger partial charge in [0.15, 0.2) is 0 Å². The molecule has 1 aliphatic rings. The Hall–Kier alpha value is -0.570. The maximum Gasteiger partial charge on any atom is 0.222 e. The summed E-state index contributed by atoms with van der Waals surface area (Å²) in [4.78, 5) is 11.6. The van der Waals surface area contributed by atoms with Crippen LogP contribution in [0.4, 0.5) is 0 Å². The van der Waals surface area contributed by atoms with Gasteiger partial charge in [0.25, 0.3) is 0 Å². The molecule has 1 rings (SSSR count). The van der Waals surface area contributed by atoms with E-state index in [9.17, 15) is 4.79 Å². The largest absolute Gasteiger partial charge is 0.378 e. The summed E-state index contributed by atoms with van der Waals surface area (Å²) < 4.78 is 5.37. The molecule has 0 aromatic rings. The van der Waals surface area contributed by atoms with Crippen molar-refractivity contribution in [1.29, 1.82) is 0 Å². The topological polar surface area (TPSA) is 38.3 Å². The molecule has 0 spiro atoms. The summed E-state index contributed by atoms with van der Waals surface area (Å²) >= 11 is 0. The van der Waals surface area contributed by atoms with Crippen molar-refractivity contribution >= 4 is 5.91 Å². The Kier molecular flexibility index (Phi) is 5.81. The van der Waals surface area contributed by atoms with E-state index >= 15 is 0 Å². The van der Waals surface area contributed by atoms with Crippen LogP contribution in [0.1, 0.15) is 52.9 Å². The van der Waals surface area contributed by atoms with E-state index in [0.717, 1.165) is 6.42 Å². The van der Waals surface area contributed by atoms with E-state index in [1.54, 1.807) is 0 Å². The lowest BCUT2D eigenvalue weighted by atomic mass is 9.86. The van der Waals surface area contributed by atoms with E-state index in [2.05, 4.69) is 12.2 Å². The minimum absolute atomic E-state index is 0.138. The van der Waals surface area contributed by atoms with Gasteiger partial charge in [0, 0.05) is 12.5 Å². The first-order valence-electron chi connectivity index (χ1n) is 6.50. The molecule has 1 saturated carbocycles. The number of carbonyl (C=O) groups is 1. The maximum atomic E-state index is 11.6. The third-order valence-corrected chi connectivity index (χ3v) is 3.24. The highest BCUT2D eigenvalue weighted by Crippen LogP contribution is 2.23. The molecule has 0 aromatic heterocycles. The van der Waals surface area contributed by atoms with Gasteiger partial charge >= 0.3 is 0 Å². The van der Waals surface area contributed by atoms with E-state index in [1.807, 2.05) is 13.8 Å². The van der Waals surface area contributed by atoms with Gasteiger partial charge in [-0.1, -0.05) is 19.8 Å². The van der Waals surface area contributed by atoms with Crippen molar-refractivity contribution in [1.82, 2.24) is 5.32 Å². The Morgan fingerprint density at radius 3 is 2.69 bits per heavy atom. The van der Waals surface area contributed by atoms with Gasteiger partial charge in [-0.15, -0.1) is 0 Å². The first-order valence-corrected chi connectivity index (χ1v) is 6.50. The summed E-state index contributed by atoms with van der Waals surface area (Å²) in [5.41, 5.74) is 0. The van der Waals surface area contributed by atoms with E-state index in [0.29, 0.717) is 25.0 Å². The Labute approximate surface area is 98.9 Å². The molecule has 0 radical (unpaired) electrons. The number of hydrogen-bond donors (Lipinski definition) is 1. The smallest absolute Gasteiger partial charge is 0.222 e. The molecule has 0 aliphatic heterocycles. The monoisotopic (exact) mass is 227 g/mol. The summed E-state index contributed by atoms with van der Waals surface area (Å²) in [6.07, 6.45) is 5.63. The van der Waals surface area contributed by atoms with Crippen LogP contribution in [0.25, 0.3) is 0 Å². The van der Waals surface area contributed by atoms with Crippen molar-refractivity contribution in [2.75, 3.05) is 6.61 Å². The number of carbonyl (C=O) groups excluding carboxylic acids is 1. The third-order valence-electron chi connectivity index (χ3n) is 3.24. The number of hydrogen-bond acceptors (Lipinski definition) is 2. The lowest BCUT2D eigenvalue weighted by Gasteiger charge is -2.29. The van der Waals surface area contributed by atoms with E-state index in [1.165, 1.54) is 19.3 Å². The first-order chi connectivity index (χ1) is 7.59. The average Bonchev–Trinajstić information content (AvgIpc) is 2.21. The second kappa shape index (κ2) is 6.89. The van der Waals surface area contributed by atoms with Gasteiger partial charge in [-0.3, -0.25) is 4.79 Å². The van der Waals surface area contributed by atoms with Crippen molar-refractivity contribution in [3.8, 4) is 0 Å². The molecule has 1 aliphatic carbocycles. The van der Waals surface area contributed by atoms with Gasteiger partial charge in [-0.2, -0.15) is 0 Å². The van der Waals surface area contributed by atoms with Crippen LogP contribution >= 0.6 is 0 Å². The van der Waals surface area contributed by atoms with Crippen LogP contribution in [0.15, 0.2) is 0 Å². The summed E-state index contributed by atoms with van der Waals surface area (Å²) in [5.74, 6) is 0.767. The zero-order chi connectivity index (χ0) is 12.0. The fourth-order valence-electron chi connectivity index (χ4n) is 2.20. The number of amides is 1. The summed E-state index contributed by atoms with van der Waals surface area (Å²) in [6, 6.07) is 0.389. The van der Waals surface area contributed by atoms with Crippen LogP contribution in [0.5, 0.6) is 0 Å². The van der Waals surface area contributed by atoms with Gasteiger partial charge in [0.05, 0.1) is 12.7 Å². The minimum Gasteiger partial charge on any atom is -0.378 e. The Balaban J connectivity index is 2.17.